The lowest BCUT2D eigenvalue weighted by Crippen LogP contribution is -2.17. The summed E-state index contributed by atoms with van der Waals surface area (Å²) in [5, 5.41) is 3.83. The standard InChI is InChI=1S/C16H17N3O4S/c1-9-6-5-7-10(2)14(9)15-18-16(23-19-15)12-8-13(22-11(12)3)24(20,21)17-4/h5-8,17H,1-4H3. The molecule has 7 nitrogen and oxygen atoms in total. The molecule has 3 rings (SSSR count). The van der Waals surface area contributed by atoms with Gasteiger partial charge in [0.2, 0.25) is 10.9 Å². The molecule has 24 heavy (non-hydrogen) atoms. The molecule has 0 saturated carbocycles. The molecule has 0 fully saturated rings. The van der Waals surface area contributed by atoms with E-state index in [1.54, 1.807) is 6.92 Å². The summed E-state index contributed by atoms with van der Waals surface area (Å²) in [5.74, 6) is 1.06. The molecule has 0 aliphatic heterocycles. The van der Waals surface area contributed by atoms with Crippen molar-refractivity contribution in [2.45, 2.75) is 25.9 Å². The van der Waals surface area contributed by atoms with Crippen molar-refractivity contribution in [2.75, 3.05) is 7.05 Å². The minimum Gasteiger partial charge on any atom is -0.448 e. The molecular weight excluding hydrogens is 330 g/mol. The lowest BCUT2D eigenvalue weighted by molar-refractivity contribution is 0.419. The average molecular weight is 347 g/mol. The molecule has 0 amide bonds. The highest BCUT2D eigenvalue weighted by Gasteiger charge is 2.23. The maximum atomic E-state index is 11.8. The van der Waals surface area contributed by atoms with E-state index in [4.69, 9.17) is 8.94 Å². The van der Waals surface area contributed by atoms with E-state index in [9.17, 15) is 8.42 Å². The number of benzene rings is 1. The van der Waals surface area contributed by atoms with Crippen molar-refractivity contribution < 1.29 is 17.4 Å². The third kappa shape index (κ3) is 2.74. The van der Waals surface area contributed by atoms with Gasteiger partial charge in [0.05, 0.1) is 5.56 Å². The first-order valence-corrected chi connectivity index (χ1v) is 8.76. The van der Waals surface area contributed by atoms with Gasteiger partial charge in [-0.3, -0.25) is 0 Å². The highest BCUT2D eigenvalue weighted by atomic mass is 32.2. The fourth-order valence-electron chi connectivity index (χ4n) is 2.50. The van der Waals surface area contributed by atoms with Crippen molar-refractivity contribution in [3.05, 3.63) is 41.2 Å². The molecule has 0 atom stereocenters. The van der Waals surface area contributed by atoms with Crippen LogP contribution in [0.2, 0.25) is 0 Å². The SMILES string of the molecule is CNS(=O)(=O)c1cc(-c2nc(-c3c(C)cccc3C)no2)c(C)o1. The van der Waals surface area contributed by atoms with Crippen molar-refractivity contribution in [2.24, 2.45) is 0 Å². The van der Waals surface area contributed by atoms with Crippen molar-refractivity contribution in [1.29, 1.82) is 0 Å². The molecule has 2 aromatic heterocycles. The Morgan fingerprint density at radius 3 is 2.42 bits per heavy atom. The van der Waals surface area contributed by atoms with Gasteiger partial charge in [0.1, 0.15) is 5.76 Å². The van der Waals surface area contributed by atoms with Gasteiger partial charge >= 0.3 is 0 Å². The smallest absolute Gasteiger partial charge is 0.273 e. The van der Waals surface area contributed by atoms with E-state index >= 15 is 0 Å². The van der Waals surface area contributed by atoms with Crippen LogP contribution in [0.5, 0.6) is 0 Å². The molecule has 1 N–H and O–H groups in total. The number of rotatable bonds is 4. The number of aryl methyl sites for hydroxylation is 3. The Balaban J connectivity index is 2.07. The van der Waals surface area contributed by atoms with Crippen LogP contribution in [0.3, 0.4) is 0 Å². The zero-order valence-electron chi connectivity index (χ0n) is 13.7. The summed E-state index contributed by atoms with van der Waals surface area (Å²) in [5.41, 5.74) is 3.42. The highest BCUT2D eigenvalue weighted by molar-refractivity contribution is 7.89. The Bertz CT molecular complexity index is 982. The molecule has 3 aromatic rings. The van der Waals surface area contributed by atoms with Gasteiger partial charge in [-0.25, -0.2) is 13.1 Å². The van der Waals surface area contributed by atoms with Crippen LogP contribution in [0.15, 0.2) is 38.3 Å². The van der Waals surface area contributed by atoms with Crippen LogP contribution in [0.1, 0.15) is 16.9 Å². The second kappa shape index (κ2) is 5.88. The number of hydrogen-bond donors (Lipinski definition) is 1. The van der Waals surface area contributed by atoms with E-state index in [1.807, 2.05) is 32.0 Å². The second-order valence-corrected chi connectivity index (χ2v) is 7.25. The molecule has 1 aromatic carbocycles. The van der Waals surface area contributed by atoms with Crippen LogP contribution in [0.25, 0.3) is 22.8 Å². The van der Waals surface area contributed by atoms with E-state index in [0.29, 0.717) is 17.1 Å². The molecule has 0 radical (unpaired) electrons. The van der Waals surface area contributed by atoms with Gasteiger partial charge in [-0.2, -0.15) is 4.98 Å². The predicted octanol–water partition coefficient (Wildman–Crippen LogP) is 2.83. The van der Waals surface area contributed by atoms with E-state index in [0.717, 1.165) is 16.7 Å². The minimum absolute atomic E-state index is 0.190. The normalized spacial score (nSPS) is 11.8. The zero-order chi connectivity index (χ0) is 17.5. The van der Waals surface area contributed by atoms with Crippen molar-refractivity contribution in [3.8, 4) is 22.8 Å². The Hall–Kier alpha value is -2.45. The summed E-state index contributed by atoms with van der Waals surface area (Å²) in [6.07, 6.45) is 0. The average Bonchev–Trinajstić information content (AvgIpc) is 3.14. The summed E-state index contributed by atoms with van der Waals surface area (Å²) in [6, 6.07) is 7.28. The first kappa shape index (κ1) is 16.4. The van der Waals surface area contributed by atoms with Crippen LogP contribution < -0.4 is 4.72 Å². The summed E-state index contributed by atoms with van der Waals surface area (Å²) >= 11 is 0. The maximum Gasteiger partial charge on any atom is 0.273 e. The largest absolute Gasteiger partial charge is 0.448 e. The predicted molar refractivity (Wildman–Crippen MR) is 87.9 cm³/mol. The third-order valence-electron chi connectivity index (χ3n) is 3.79. The van der Waals surface area contributed by atoms with E-state index in [1.165, 1.54) is 13.1 Å². The molecule has 8 heteroatoms. The first-order chi connectivity index (χ1) is 11.3. The van der Waals surface area contributed by atoms with Crippen molar-refractivity contribution >= 4 is 10.0 Å². The third-order valence-corrected chi connectivity index (χ3v) is 5.06. The molecule has 0 unspecified atom stereocenters. The van der Waals surface area contributed by atoms with Gasteiger partial charge < -0.3 is 8.94 Å². The topological polar surface area (TPSA) is 98.2 Å². The summed E-state index contributed by atoms with van der Waals surface area (Å²) in [4.78, 5) is 4.40. The van der Waals surface area contributed by atoms with Gasteiger partial charge in [0.15, 0.2) is 0 Å². The highest BCUT2D eigenvalue weighted by Crippen LogP contribution is 2.31. The van der Waals surface area contributed by atoms with Crippen LogP contribution in [0.4, 0.5) is 0 Å². The van der Waals surface area contributed by atoms with E-state index in [-0.39, 0.29) is 11.0 Å². The fraction of sp³-hybridized carbons (Fsp3) is 0.250. The van der Waals surface area contributed by atoms with Gasteiger partial charge in [0.25, 0.3) is 15.9 Å². The lowest BCUT2D eigenvalue weighted by atomic mass is 10.0. The Kier molecular flexibility index (Phi) is 4.02. The molecule has 0 bridgehead atoms. The maximum absolute atomic E-state index is 11.8. The number of aromatic nitrogens is 2. The Labute approximate surface area is 139 Å². The number of hydrogen-bond acceptors (Lipinski definition) is 6. The Morgan fingerprint density at radius 2 is 1.79 bits per heavy atom. The zero-order valence-corrected chi connectivity index (χ0v) is 14.6. The molecule has 0 spiro atoms. The van der Waals surface area contributed by atoms with Crippen LogP contribution >= 0.6 is 0 Å². The monoisotopic (exact) mass is 347 g/mol. The van der Waals surface area contributed by atoms with Gasteiger partial charge in [-0.15, -0.1) is 0 Å². The van der Waals surface area contributed by atoms with Crippen LogP contribution in [-0.2, 0) is 10.0 Å². The number of furan rings is 1. The van der Waals surface area contributed by atoms with Crippen LogP contribution in [0, 0.1) is 20.8 Å². The lowest BCUT2D eigenvalue weighted by Gasteiger charge is -2.03. The number of sulfonamides is 1. The molecule has 0 saturated heterocycles. The summed E-state index contributed by atoms with van der Waals surface area (Å²) < 4.78 is 36.5. The molecule has 0 aliphatic carbocycles. The minimum atomic E-state index is -3.67. The quantitative estimate of drug-likeness (QED) is 0.779. The second-order valence-electron chi connectivity index (χ2n) is 5.43. The molecule has 0 aliphatic rings. The first-order valence-electron chi connectivity index (χ1n) is 7.28. The van der Waals surface area contributed by atoms with Crippen LogP contribution in [-0.4, -0.2) is 25.6 Å². The van der Waals surface area contributed by atoms with E-state index < -0.39 is 10.0 Å². The molecule has 126 valence electrons. The van der Waals surface area contributed by atoms with Crippen molar-refractivity contribution in [1.82, 2.24) is 14.9 Å². The summed E-state index contributed by atoms with van der Waals surface area (Å²) in [6.45, 7) is 5.59. The van der Waals surface area contributed by atoms with Crippen molar-refractivity contribution in [3.63, 3.8) is 0 Å². The van der Waals surface area contributed by atoms with Gasteiger partial charge in [-0.1, -0.05) is 23.4 Å². The van der Waals surface area contributed by atoms with E-state index in [2.05, 4.69) is 14.9 Å². The molecule has 2 heterocycles. The Morgan fingerprint density at radius 1 is 1.12 bits per heavy atom. The summed E-state index contributed by atoms with van der Waals surface area (Å²) in [7, 11) is -2.36. The fourth-order valence-corrected chi connectivity index (χ4v) is 3.21. The number of nitrogens with zero attached hydrogens (tertiary/aromatic N) is 2. The number of nitrogens with one attached hydrogen (secondary N) is 1. The molecular formula is C16H17N3O4S. The van der Waals surface area contributed by atoms with Gasteiger partial charge in [0, 0.05) is 11.6 Å². The van der Waals surface area contributed by atoms with Gasteiger partial charge in [-0.05, 0) is 38.9 Å².